The van der Waals surface area contributed by atoms with Crippen molar-refractivity contribution in [2.24, 2.45) is 39.9 Å². The first-order chi connectivity index (χ1) is 33.0. The summed E-state index contributed by atoms with van der Waals surface area (Å²) >= 11 is 0. The molecule has 0 bridgehead atoms. The molecule has 9 amide bonds. The normalized spacial score (nSPS) is 26.6. The van der Waals surface area contributed by atoms with E-state index in [0.717, 1.165) is 0 Å². The van der Waals surface area contributed by atoms with E-state index < -0.39 is 152 Å². The maximum atomic E-state index is 14.2. The number of benzene rings is 1. The minimum absolute atomic E-state index is 0.0221. The van der Waals surface area contributed by atoms with E-state index in [1.807, 2.05) is 0 Å². The number of guanidine groups is 1. The molecule has 70 heavy (non-hydrogen) atoms. The van der Waals surface area contributed by atoms with Gasteiger partial charge < -0.3 is 85.5 Å². The Balaban J connectivity index is 2.76. The monoisotopic (exact) mass is 992 g/mol. The van der Waals surface area contributed by atoms with Crippen molar-refractivity contribution in [3.05, 3.63) is 35.9 Å². The second-order valence-electron chi connectivity index (χ2n) is 17.7. The van der Waals surface area contributed by atoms with Crippen LogP contribution >= 0.6 is 0 Å². The molecule has 1 unspecified atom stereocenters. The van der Waals surface area contributed by atoms with Crippen LogP contribution in [0.4, 0.5) is 0 Å². The molecule has 0 saturated carbocycles. The van der Waals surface area contributed by atoms with Crippen LogP contribution in [0.2, 0.25) is 0 Å². The van der Waals surface area contributed by atoms with E-state index >= 15 is 0 Å². The molecule has 1 aromatic rings. The summed E-state index contributed by atoms with van der Waals surface area (Å²) in [5.74, 6) is -11.0. The Kier molecular flexibility index (Phi) is 25.2. The van der Waals surface area contributed by atoms with E-state index in [4.69, 9.17) is 17.2 Å². The maximum Gasteiger partial charge on any atom is 0.245 e. The fourth-order valence-electron chi connectivity index (χ4n) is 7.00. The van der Waals surface area contributed by atoms with Crippen molar-refractivity contribution in [3.8, 4) is 0 Å². The van der Waals surface area contributed by atoms with Crippen molar-refractivity contribution in [2.45, 2.75) is 128 Å². The second kappa shape index (κ2) is 29.5. The zero-order chi connectivity index (χ0) is 52.8. The van der Waals surface area contributed by atoms with Gasteiger partial charge in [0.25, 0.3) is 0 Å². The van der Waals surface area contributed by atoms with Crippen molar-refractivity contribution in [3.63, 3.8) is 0 Å². The molecule has 0 aliphatic carbocycles. The zero-order valence-corrected chi connectivity index (χ0v) is 40.4. The number of amides is 9. The lowest BCUT2D eigenvalue weighted by Gasteiger charge is -2.32. The van der Waals surface area contributed by atoms with Crippen LogP contribution in [0.1, 0.15) is 78.8 Å². The summed E-state index contributed by atoms with van der Waals surface area (Å²) < 4.78 is 0. The van der Waals surface area contributed by atoms with Crippen LogP contribution in [-0.4, -0.2) is 167 Å². The van der Waals surface area contributed by atoms with Crippen molar-refractivity contribution < 1.29 is 63.6 Å². The van der Waals surface area contributed by atoms with E-state index in [0.29, 0.717) is 6.42 Å². The quantitative estimate of drug-likeness (QED) is 0.0469. The highest BCUT2D eigenvalue weighted by atomic mass is 16.3. The lowest BCUT2D eigenvalue weighted by Crippen LogP contribution is -2.63. The molecule has 1 aliphatic rings. The molecule has 0 aromatic heterocycles. The van der Waals surface area contributed by atoms with Crippen molar-refractivity contribution >= 4 is 59.1 Å². The van der Waals surface area contributed by atoms with Crippen LogP contribution < -0.4 is 65.1 Å². The lowest BCUT2D eigenvalue weighted by atomic mass is 9.95. The molecular weight excluding hydrogens is 919 g/mol. The van der Waals surface area contributed by atoms with Gasteiger partial charge in [0.05, 0.1) is 38.5 Å². The molecule has 0 spiro atoms. The van der Waals surface area contributed by atoms with Crippen molar-refractivity contribution in [2.75, 3.05) is 32.9 Å². The molecule has 0 radical (unpaired) electrons. The molecule has 1 saturated heterocycles. The van der Waals surface area contributed by atoms with Crippen LogP contribution in [-0.2, 0) is 43.2 Å². The summed E-state index contributed by atoms with van der Waals surface area (Å²) in [6, 6.07) is -6.54. The smallest absolute Gasteiger partial charge is 0.245 e. The summed E-state index contributed by atoms with van der Waals surface area (Å²) in [6.45, 7) is 6.07. The number of nitrogens with one attached hydrogen (secondary N) is 9. The SMILES string of the molecule is CC[C@H](C)[C@@H]1NC(=O)[C@@H](CCCN=C(N)N)NC(=O)[C@H](CC(C)C)NC(=O)[C@H]([C@H](O)C(C)C)NC(=O)[C@@H](N)[C@@H](c2ccccc2)NC(=O)C(CO)NC(=O)[C@H](CO)NC(=O)CNC(=O)[C@H](CO)NC1=O. The van der Waals surface area contributed by atoms with Crippen molar-refractivity contribution in [1.29, 1.82) is 0 Å². The second-order valence-corrected chi connectivity index (χ2v) is 17.7. The average Bonchev–Trinajstić information content (AvgIpc) is 3.32. The maximum absolute atomic E-state index is 14.2. The number of aliphatic hydroxyl groups excluding tert-OH is 4. The average molecular weight is 992 g/mol. The lowest BCUT2D eigenvalue weighted by molar-refractivity contribution is -0.138. The standard InChI is InChI=1S/C44H73N13O13/c1-7-23(6)32-42(69)54-27(18-58)36(63)49-17-30(61)50-28(19-59)39(66)53-29(20-60)40(67)56-33(24-12-9-8-10-13-24)31(45)41(68)57-34(35(62)22(4)5)43(70)52-26(16-21(2)3)38(65)51-25(37(64)55-32)14-11-15-48-44(46)47/h8-10,12-13,21-23,25-29,31-35,58-60,62H,7,11,14-20,45H2,1-6H3,(H,49,63)(H,50,61)(H,51,65)(H,52,70)(H,53,66)(H,54,69)(H,55,64)(H,56,67)(H,57,68)(H4,46,47,48)/t23-,25+,26-,27-,28-,29?,31-,32-,33+,34-,35+/m0/s1. The molecule has 1 fully saturated rings. The van der Waals surface area contributed by atoms with Gasteiger partial charge in [0.15, 0.2) is 5.96 Å². The highest BCUT2D eigenvalue weighted by Gasteiger charge is 2.39. The Morgan fingerprint density at radius 2 is 1.11 bits per heavy atom. The molecule has 11 atom stereocenters. The number of aliphatic hydroxyl groups is 4. The van der Waals surface area contributed by atoms with Crippen LogP contribution in [0.3, 0.4) is 0 Å². The van der Waals surface area contributed by atoms with Gasteiger partial charge in [0.2, 0.25) is 53.2 Å². The number of rotatable bonds is 14. The Morgan fingerprint density at radius 3 is 1.67 bits per heavy atom. The Labute approximate surface area is 406 Å². The van der Waals surface area contributed by atoms with E-state index in [1.54, 1.807) is 59.7 Å². The first kappa shape index (κ1) is 59.6. The fraction of sp³-hybridized carbons (Fsp3) is 0.636. The Bertz CT molecular complexity index is 1970. The largest absolute Gasteiger partial charge is 0.394 e. The molecule has 1 aliphatic heterocycles. The first-order valence-electron chi connectivity index (χ1n) is 23.1. The molecule has 392 valence electrons. The minimum atomic E-state index is -1.77. The Morgan fingerprint density at radius 1 is 0.629 bits per heavy atom. The summed E-state index contributed by atoms with van der Waals surface area (Å²) in [5.41, 5.74) is 17.7. The zero-order valence-electron chi connectivity index (χ0n) is 40.4. The van der Waals surface area contributed by atoms with Crippen LogP contribution in [0.25, 0.3) is 0 Å². The highest BCUT2D eigenvalue weighted by molar-refractivity contribution is 5.98. The molecular formula is C44H73N13O13. The van der Waals surface area contributed by atoms with Gasteiger partial charge in [-0.05, 0) is 42.6 Å². The summed E-state index contributed by atoms with van der Waals surface area (Å²) in [4.78, 5) is 127. The predicted octanol–water partition coefficient (Wildman–Crippen LogP) is -6.17. The molecule has 19 N–H and O–H groups in total. The summed E-state index contributed by atoms with van der Waals surface area (Å²) in [5, 5.41) is 63.3. The fourth-order valence-corrected chi connectivity index (χ4v) is 7.00. The highest BCUT2D eigenvalue weighted by Crippen LogP contribution is 2.18. The molecule has 26 nitrogen and oxygen atoms in total. The van der Waals surface area contributed by atoms with E-state index in [9.17, 15) is 63.6 Å². The number of carbonyl (C=O) groups is 9. The van der Waals surface area contributed by atoms with Gasteiger partial charge in [-0.15, -0.1) is 0 Å². The van der Waals surface area contributed by atoms with E-state index in [1.165, 1.54) is 12.1 Å². The number of aliphatic imine (C=N–C) groups is 1. The molecule has 1 heterocycles. The number of hydrogen-bond acceptors (Lipinski definition) is 15. The van der Waals surface area contributed by atoms with Gasteiger partial charge in [-0.1, -0.05) is 78.3 Å². The number of nitrogens with zero attached hydrogens (tertiary/aromatic N) is 1. The Hall–Kier alpha value is -6.48. The third kappa shape index (κ3) is 18.8. The number of hydrogen-bond donors (Lipinski definition) is 16. The van der Waals surface area contributed by atoms with Gasteiger partial charge in [-0.2, -0.15) is 0 Å². The number of nitrogens with two attached hydrogens (primary N) is 3. The van der Waals surface area contributed by atoms with Gasteiger partial charge >= 0.3 is 0 Å². The molecule has 26 heteroatoms. The molecule has 1 aromatic carbocycles. The van der Waals surface area contributed by atoms with E-state index in [2.05, 4.69) is 52.8 Å². The van der Waals surface area contributed by atoms with Gasteiger partial charge in [0.1, 0.15) is 48.3 Å². The van der Waals surface area contributed by atoms with Crippen LogP contribution in [0.15, 0.2) is 35.3 Å². The third-order valence-corrected chi connectivity index (χ3v) is 11.3. The third-order valence-electron chi connectivity index (χ3n) is 11.3. The van der Waals surface area contributed by atoms with E-state index in [-0.39, 0.29) is 43.2 Å². The predicted molar refractivity (Wildman–Crippen MR) is 253 cm³/mol. The topological polar surface area (TPSA) is 433 Å². The minimum Gasteiger partial charge on any atom is -0.394 e. The molecule has 2 rings (SSSR count). The van der Waals surface area contributed by atoms with Gasteiger partial charge in [-0.3, -0.25) is 48.1 Å². The first-order valence-corrected chi connectivity index (χ1v) is 23.1. The summed E-state index contributed by atoms with van der Waals surface area (Å²) in [7, 11) is 0. The van der Waals surface area contributed by atoms with Crippen LogP contribution in [0, 0.1) is 17.8 Å². The number of carbonyl (C=O) groups excluding carboxylic acids is 9. The van der Waals surface area contributed by atoms with Gasteiger partial charge in [0, 0.05) is 6.54 Å². The summed E-state index contributed by atoms with van der Waals surface area (Å²) in [6.07, 6.45) is -1.28. The van der Waals surface area contributed by atoms with Gasteiger partial charge in [-0.25, -0.2) is 0 Å². The van der Waals surface area contributed by atoms with Crippen LogP contribution in [0.5, 0.6) is 0 Å². The van der Waals surface area contributed by atoms with Crippen molar-refractivity contribution in [1.82, 2.24) is 47.9 Å².